The van der Waals surface area contributed by atoms with Crippen LogP contribution in [0.1, 0.15) is 11.3 Å². The summed E-state index contributed by atoms with van der Waals surface area (Å²) in [7, 11) is 1.58. The van der Waals surface area contributed by atoms with Gasteiger partial charge in [0.2, 0.25) is 0 Å². The number of halogens is 1. The highest BCUT2D eigenvalue weighted by Crippen LogP contribution is 2.27. The number of hydrogen-bond donors (Lipinski definition) is 1. The maximum absolute atomic E-state index is 12.4. The van der Waals surface area contributed by atoms with Gasteiger partial charge in [0, 0.05) is 10.0 Å². The highest BCUT2D eigenvalue weighted by molar-refractivity contribution is 9.10. The SMILES string of the molecule is COc1ccccc1OCCOc1ccc(Br)cc1C=C(C#N)C(=O)NCc1ccco1. The van der Waals surface area contributed by atoms with Gasteiger partial charge in [-0.1, -0.05) is 28.1 Å². The fraction of sp³-hybridized carbons (Fsp3) is 0.167. The van der Waals surface area contributed by atoms with Gasteiger partial charge < -0.3 is 23.9 Å². The molecule has 0 unspecified atom stereocenters. The molecule has 0 bridgehead atoms. The van der Waals surface area contributed by atoms with Gasteiger partial charge in [0.05, 0.1) is 19.9 Å². The van der Waals surface area contributed by atoms with E-state index in [0.717, 1.165) is 4.47 Å². The van der Waals surface area contributed by atoms with E-state index in [-0.39, 0.29) is 25.3 Å². The predicted octanol–water partition coefficient (Wildman–Crippen LogP) is 4.73. The van der Waals surface area contributed by atoms with Crippen LogP contribution in [0.2, 0.25) is 0 Å². The molecule has 1 amide bonds. The average molecular weight is 497 g/mol. The lowest BCUT2D eigenvalue weighted by Crippen LogP contribution is -2.23. The van der Waals surface area contributed by atoms with Gasteiger partial charge in [-0.15, -0.1) is 0 Å². The number of carbonyl (C=O) groups excluding carboxylic acids is 1. The second-order valence-corrected chi connectivity index (χ2v) is 7.38. The smallest absolute Gasteiger partial charge is 0.262 e. The zero-order valence-electron chi connectivity index (χ0n) is 17.3. The van der Waals surface area contributed by atoms with Crippen LogP contribution in [-0.2, 0) is 11.3 Å². The third-order valence-electron chi connectivity index (χ3n) is 4.31. The van der Waals surface area contributed by atoms with Crippen LogP contribution >= 0.6 is 15.9 Å². The fourth-order valence-electron chi connectivity index (χ4n) is 2.78. The fourth-order valence-corrected chi connectivity index (χ4v) is 3.16. The monoisotopic (exact) mass is 496 g/mol. The number of amides is 1. The second kappa shape index (κ2) is 11.6. The van der Waals surface area contributed by atoms with Gasteiger partial charge in [0.25, 0.3) is 5.91 Å². The molecule has 1 aromatic heterocycles. The summed E-state index contributed by atoms with van der Waals surface area (Å²) >= 11 is 3.41. The summed E-state index contributed by atoms with van der Waals surface area (Å²) in [5, 5.41) is 12.1. The zero-order valence-corrected chi connectivity index (χ0v) is 18.9. The molecule has 1 heterocycles. The number of rotatable bonds is 10. The summed E-state index contributed by atoms with van der Waals surface area (Å²) in [6, 6.07) is 18.1. The zero-order chi connectivity index (χ0) is 22.8. The number of para-hydroxylation sites is 2. The van der Waals surface area contributed by atoms with Crippen LogP contribution in [0.15, 0.2) is 75.3 Å². The van der Waals surface area contributed by atoms with E-state index in [2.05, 4.69) is 21.2 Å². The number of ether oxygens (including phenoxy) is 3. The summed E-state index contributed by atoms with van der Waals surface area (Å²) in [6.45, 7) is 0.731. The predicted molar refractivity (Wildman–Crippen MR) is 122 cm³/mol. The first-order valence-electron chi connectivity index (χ1n) is 9.71. The molecule has 3 rings (SSSR count). The number of nitrogens with one attached hydrogen (secondary N) is 1. The Bertz CT molecular complexity index is 1120. The number of methoxy groups -OCH3 is 1. The van der Waals surface area contributed by atoms with E-state index in [1.54, 1.807) is 31.4 Å². The molecule has 2 aromatic carbocycles. The highest BCUT2D eigenvalue weighted by Gasteiger charge is 2.12. The van der Waals surface area contributed by atoms with Crippen molar-refractivity contribution in [1.82, 2.24) is 5.32 Å². The van der Waals surface area contributed by atoms with Gasteiger partial charge >= 0.3 is 0 Å². The average Bonchev–Trinajstić information content (AvgIpc) is 3.33. The molecule has 8 heteroatoms. The van der Waals surface area contributed by atoms with E-state index in [0.29, 0.717) is 28.6 Å². The summed E-state index contributed by atoms with van der Waals surface area (Å²) < 4.78 is 22.8. The molecule has 0 radical (unpaired) electrons. The Morgan fingerprint density at radius 1 is 1.09 bits per heavy atom. The van der Waals surface area contributed by atoms with Gasteiger partial charge in [-0.2, -0.15) is 5.26 Å². The molecule has 0 aliphatic rings. The Morgan fingerprint density at radius 3 is 2.53 bits per heavy atom. The molecule has 164 valence electrons. The third kappa shape index (κ3) is 6.40. The van der Waals surface area contributed by atoms with E-state index in [1.165, 1.54) is 12.3 Å². The minimum atomic E-state index is -0.505. The Hall–Kier alpha value is -3.70. The summed E-state index contributed by atoms with van der Waals surface area (Å²) in [5.74, 6) is 1.86. The third-order valence-corrected chi connectivity index (χ3v) is 4.80. The molecule has 0 spiro atoms. The first-order chi connectivity index (χ1) is 15.6. The van der Waals surface area contributed by atoms with Crippen molar-refractivity contribution in [2.24, 2.45) is 0 Å². The van der Waals surface area contributed by atoms with Gasteiger partial charge in [-0.3, -0.25) is 4.79 Å². The topological polar surface area (TPSA) is 93.7 Å². The standard InChI is InChI=1S/C24H21BrN2O5/c1-29-22-6-2-3-7-23(22)32-12-11-31-21-9-8-19(25)14-17(21)13-18(15-26)24(28)27-16-20-5-4-10-30-20/h2-10,13-14H,11-12,16H2,1H3,(H,27,28). The molecule has 3 aromatic rings. The van der Waals surface area contributed by atoms with Crippen molar-refractivity contribution in [2.45, 2.75) is 6.54 Å². The number of carbonyl (C=O) groups is 1. The summed E-state index contributed by atoms with van der Waals surface area (Å²) in [4.78, 5) is 12.4. The first kappa shape index (κ1) is 23.0. The van der Waals surface area contributed by atoms with Crippen molar-refractivity contribution < 1.29 is 23.4 Å². The highest BCUT2D eigenvalue weighted by atomic mass is 79.9. The van der Waals surface area contributed by atoms with E-state index in [1.807, 2.05) is 36.4 Å². The number of nitrogens with zero attached hydrogens (tertiary/aromatic N) is 1. The second-order valence-electron chi connectivity index (χ2n) is 6.46. The maximum atomic E-state index is 12.4. The summed E-state index contributed by atoms with van der Waals surface area (Å²) in [6.07, 6.45) is 3.00. The van der Waals surface area contributed by atoms with Crippen LogP contribution < -0.4 is 19.5 Å². The van der Waals surface area contributed by atoms with E-state index < -0.39 is 5.91 Å². The molecule has 0 saturated carbocycles. The minimum Gasteiger partial charge on any atom is -0.493 e. The molecule has 0 fully saturated rings. The molecule has 0 aliphatic heterocycles. The molecule has 0 aliphatic carbocycles. The van der Waals surface area contributed by atoms with Crippen molar-refractivity contribution in [3.63, 3.8) is 0 Å². The number of nitriles is 1. The van der Waals surface area contributed by atoms with Crippen molar-refractivity contribution in [2.75, 3.05) is 20.3 Å². The Labute approximate surface area is 194 Å². The van der Waals surface area contributed by atoms with E-state index >= 15 is 0 Å². The Morgan fingerprint density at radius 2 is 1.84 bits per heavy atom. The van der Waals surface area contributed by atoms with Crippen LogP contribution in [0, 0.1) is 11.3 Å². The van der Waals surface area contributed by atoms with Crippen LogP contribution in [0.25, 0.3) is 6.08 Å². The quantitative estimate of drug-likeness (QED) is 0.247. The van der Waals surface area contributed by atoms with Crippen molar-refractivity contribution in [3.8, 4) is 23.3 Å². The number of furan rings is 1. The molecule has 0 saturated heterocycles. The lowest BCUT2D eigenvalue weighted by atomic mass is 10.1. The molecule has 1 N–H and O–H groups in total. The maximum Gasteiger partial charge on any atom is 0.262 e. The van der Waals surface area contributed by atoms with Gasteiger partial charge in [-0.05, 0) is 48.5 Å². The Balaban J connectivity index is 1.65. The first-order valence-corrected chi connectivity index (χ1v) is 10.5. The van der Waals surface area contributed by atoms with Crippen LogP contribution in [0.5, 0.6) is 17.2 Å². The van der Waals surface area contributed by atoms with Crippen LogP contribution in [-0.4, -0.2) is 26.2 Å². The molecule has 0 atom stereocenters. The minimum absolute atomic E-state index is 0.0511. The van der Waals surface area contributed by atoms with Crippen LogP contribution in [0.4, 0.5) is 0 Å². The Kier molecular flexibility index (Phi) is 8.35. The van der Waals surface area contributed by atoms with Crippen molar-refractivity contribution >= 4 is 27.9 Å². The molecular formula is C24H21BrN2O5. The molecular weight excluding hydrogens is 476 g/mol. The molecule has 7 nitrogen and oxygen atoms in total. The van der Waals surface area contributed by atoms with Crippen molar-refractivity contribution in [3.05, 3.63) is 82.2 Å². The lowest BCUT2D eigenvalue weighted by Gasteiger charge is -2.13. The summed E-state index contributed by atoms with van der Waals surface area (Å²) in [5.41, 5.74) is 0.533. The normalized spacial score (nSPS) is 10.8. The van der Waals surface area contributed by atoms with E-state index in [9.17, 15) is 10.1 Å². The van der Waals surface area contributed by atoms with Gasteiger partial charge in [-0.25, -0.2) is 0 Å². The largest absolute Gasteiger partial charge is 0.493 e. The van der Waals surface area contributed by atoms with E-state index in [4.69, 9.17) is 18.6 Å². The van der Waals surface area contributed by atoms with Gasteiger partial charge in [0.1, 0.15) is 36.4 Å². The molecule has 32 heavy (non-hydrogen) atoms. The van der Waals surface area contributed by atoms with Crippen LogP contribution in [0.3, 0.4) is 0 Å². The lowest BCUT2D eigenvalue weighted by molar-refractivity contribution is -0.117. The van der Waals surface area contributed by atoms with Crippen molar-refractivity contribution in [1.29, 1.82) is 5.26 Å². The number of benzene rings is 2. The van der Waals surface area contributed by atoms with Gasteiger partial charge in [0.15, 0.2) is 11.5 Å². The number of hydrogen-bond acceptors (Lipinski definition) is 6.